The Balaban J connectivity index is 1.48. The molecule has 1 aliphatic carbocycles. The van der Waals surface area contributed by atoms with Gasteiger partial charge in [-0.1, -0.05) is 62.7 Å². The quantitative estimate of drug-likeness (QED) is 0.322. The lowest BCUT2D eigenvalue weighted by Gasteiger charge is -2.31. The molecule has 0 bridgehead atoms. The SMILES string of the molecule is CCC(C)C1CCC(C(=O)OC(C)c2ccc3c(c2)c(C)cc2ccccc23)CC1. The number of esters is 1. The van der Waals surface area contributed by atoms with E-state index in [9.17, 15) is 4.79 Å². The van der Waals surface area contributed by atoms with Crippen LogP contribution in [0, 0.1) is 24.7 Å². The minimum absolute atomic E-state index is 0.0135. The normalized spacial score (nSPS) is 21.5. The Bertz CT molecular complexity index is 1040. The lowest BCUT2D eigenvalue weighted by Crippen LogP contribution is -2.26. The van der Waals surface area contributed by atoms with E-state index in [2.05, 4.69) is 69.3 Å². The number of benzene rings is 3. The van der Waals surface area contributed by atoms with Crippen LogP contribution < -0.4 is 0 Å². The summed E-state index contributed by atoms with van der Waals surface area (Å²) in [6.45, 7) is 8.77. The van der Waals surface area contributed by atoms with Crippen LogP contribution >= 0.6 is 0 Å². The summed E-state index contributed by atoms with van der Waals surface area (Å²) in [6, 6.07) is 17.3. The molecule has 1 fully saturated rings. The lowest BCUT2D eigenvalue weighted by molar-refractivity contribution is -0.155. The van der Waals surface area contributed by atoms with Crippen LogP contribution in [0.5, 0.6) is 0 Å². The van der Waals surface area contributed by atoms with Gasteiger partial charge in [-0.25, -0.2) is 0 Å². The van der Waals surface area contributed by atoms with E-state index in [1.807, 2.05) is 6.92 Å². The smallest absolute Gasteiger partial charge is 0.309 e. The number of carbonyl (C=O) groups is 1. The molecule has 4 rings (SSSR count). The van der Waals surface area contributed by atoms with Crippen molar-refractivity contribution in [3.05, 3.63) is 59.7 Å². The molecule has 0 N–H and O–H groups in total. The minimum Gasteiger partial charge on any atom is -0.458 e. The summed E-state index contributed by atoms with van der Waals surface area (Å²) in [4.78, 5) is 12.8. The van der Waals surface area contributed by atoms with Gasteiger partial charge >= 0.3 is 5.97 Å². The molecule has 0 saturated heterocycles. The molecule has 3 aromatic carbocycles. The van der Waals surface area contributed by atoms with Gasteiger partial charge in [-0.2, -0.15) is 0 Å². The third kappa shape index (κ3) is 4.10. The van der Waals surface area contributed by atoms with Crippen LogP contribution in [0.4, 0.5) is 0 Å². The predicted octanol–water partition coefficient (Wildman–Crippen LogP) is 7.76. The number of fused-ring (bicyclic) bond motifs is 3. The summed E-state index contributed by atoms with van der Waals surface area (Å²) in [6.07, 6.45) is 5.27. The topological polar surface area (TPSA) is 26.3 Å². The second-order valence-corrected chi connectivity index (χ2v) is 9.30. The maximum atomic E-state index is 12.8. The molecule has 2 atom stereocenters. The van der Waals surface area contributed by atoms with Crippen molar-refractivity contribution < 1.29 is 9.53 Å². The maximum absolute atomic E-state index is 12.8. The molecule has 0 aromatic heterocycles. The van der Waals surface area contributed by atoms with Crippen molar-refractivity contribution in [3.63, 3.8) is 0 Å². The van der Waals surface area contributed by atoms with Crippen LogP contribution in [0.15, 0.2) is 48.5 Å². The first kappa shape index (κ1) is 20.9. The number of aryl methyl sites for hydroxylation is 1. The highest BCUT2D eigenvalue weighted by molar-refractivity contribution is 6.09. The molecule has 30 heavy (non-hydrogen) atoms. The molecule has 0 spiro atoms. The molecular weight excluding hydrogens is 368 g/mol. The number of carbonyl (C=O) groups excluding carboxylic acids is 1. The van der Waals surface area contributed by atoms with Crippen molar-refractivity contribution >= 4 is 27.5 Å². The second-order valence-electron chi connectivity index (χ2n) is 9.30. The predicted molar refractivity (Wildman–Crippen MR) is 126 cm³/mol. The average molecular weight is 403 g/mol. The molecule has 0 radical (unpaired) electrons. The van der Waals surface area contributed by atoms with Crippen molar-refractivity contribution in [2.24, 2.45) is 17.8 Å². The summed E-state index contributed by atoms with van der Waals surface area (Å²) in [5, 5.41) is 5.04. The lowest BCUT2D eigenvalue weighted by atomic mass is 9.75. The van der Waals surface area contributed by atoms with E-state index in [1.54, 1.807) is 0 Å². The highest BCUT2D eigenvalue weighted by atomic mass is 16.5. The van der Waals surface area contributed by atoms with Crippen LogP contribution in [-0.2, 0) is 9.53 Å². The number of rotatable bonds is 5. The molecule has 0 amide bonds. The Morgan fingerprint density at radius 1 is 0.967 bits per heavy atom. The third-order valence-electron chi connectivity index (χ3n) is 7.41. The van der Waals surface area contributed by atoms with E-state index in [-0.39, 0.29) is 18.0 Å². The standard InChI is InChI=1S/C28H34O2/c1-5-18(2)21-10-12-22(13-11-21)28(29)30-20(4)23-14-15-26-25-9-7-6-8-24(25)16-19(3)27(26)17-23/h6-9,14-18,20-22H,5,10-13H2,1-4H3. The largest absolute Gasteiger partial charge is 0.458 e. The van der Waals surface area contributed by atoms with Gasteiger partial charge in [0.05, 0.1) is 5.92 Å². The first-order valence-corrected chi connectivity index (χ1v) is 11.6. The highest BCUT2D eigenvalue weighted by Gasteiger charge is 2.30. The third-order valence-corrected chi connectivity index (χ3v) is 7.41. The molecule has 1 saturated carbocycles. The Labute approximate surface area is 180 Å². The van der Waals surface area contributed by atoms with Crippen LogP contribution in [0.3, 0.4) is 0 Å². The summed E-state index contributed by atoms with van der Waals surface area (Å²) in [5.74, 6) is 1.59. The van der Waals surface area contributed by atoms with E-state index >= 15 is 0 Å². The van der Waals surface area contributed by atoms with Gasteiger partial charge < -0.3 is 4.74 Å². The highest BCUT2D eigenvalue weighted by Crippen LogP contribution is 2.36. The first-order chi connectivity index (χ1) is 14.5. The number of hydrogen-bond donors (Lipinski definition) is 0. The second kappa shape index (κ2) is 8.79. The molecule has 2 nitrogen and oxygen atoms in total. The van der Waals surface area contributed by atoms with Gasteiger partial charge in [0.15, 0.2) is 0 Å². The van der Waals surface area contributed by atoms with Gasteiger partial charge in [0.1, 0.15) is 6.10 Å². The zero-order valence-corrected chi connectivity index (χ0v) is 18.8. The Kier molecular flexibility index (Phi) is 6.13. The van der Waals surface area contributed by atoms with Gasteiger partial charge in [-0.05, 0) is 90.1 Å². The Hall–Kier alpha value is -2.35. The van der Waals surface area contributed by atoms with Gasteiger partial charge in [0.2, 0.25) is 0 Å². The van der Waals surface area contributed by atoms with Crippen molar-refractivity contribution in [2.75, 3.05) is 0 Å². The van der Waals surface area contributed by atoms with Gasteiger partial charge in [0, 0.05) is 0 Å². The maximum Gasteiger partial charge on any atom is 0.309 e. The molecule has 0 aliphatic heterocycles. The van der Waals surface area contributed by atoms with Crippen LogP contribution in [0.25, 0.3) is 21.5 Å². The Morgan fingerprint density at radius 2 is 1.70 bits per heavy atom. The molecule has 2 unspecified atom stereocenters. The van der Waals surface area contributed by atoms with Gasteiger partial charge in [-0.15, -0.1) is 0 Å². The fourth-order valence-corrected chi connectivity index (χ4v) is 5.15. The van der Waals surface area contributed by atoms with Gasteiger partial charge in [0.25, 0.3) is 0 Å². The zero-order valence-electron chi connectivity index (χ0n) is 18.8. The minimum atomic E-state index is -0.222. The van der Waals surface area contributed by atoms with E-state index < -0.39 is 0 Å². The van der Waals surface area contributed by atoms with Crippen LogP contribution in [-0.4, -0.2) is 5.97 Å². The van der Waals surface area contributed by atoms with Gasteiger partial charge in [-0.3, -0.25) is 4.79 Å². The summed E-state index contributed by atoms with van der Waals surface area (Å²) < 4.78 is 5.94. The number of hydrogen-bond acceptors (Lipinski definition) is 2. The van der Waals surface area contributed by atoms with E-state index in [0.29, 0.717) is 0 Å². The average Bonchev–Trinajstić information content (AvgIpc) is 2.78. The molecule has 3 aromatic rings. The zero-order chi connectivity index (χ0) is 21.3. The fraction of sp³-hybridized carbons (Fsp3) is 0.464. The molecule has 158 valence electrons. The first-order valence-electron chi connectivity index (χ1n) is 11.6. The molecule has 2 heteroatoms. The van der Waals surface area contributed by atoms with Crippen molar-refractivity contribution in [1.82, 2.24) is 0 Å². The van der Waals surface area contributed by atoms with Crippen molar-refractivity contribution in [2.45, 2.75) is 65.9 Å². The van der Waals surface area contributed by atoms with E-state index in [4.69, 9.17) is 4.74 Å². The summed E-state index contributed by atoms with van der Waals surface area (Å²) in [5.41, 5.74) is 2.33. The van der Waals surface area contributed by atoms with Crippen molar-refractivity contribution in [3.8, 4) is 0 Å². The number of ether oxygens (including phenoxy) is 1. The molecule has 1 aliphatic rings. The summed E-state index contributed by atoms with van der Waals surface area (Å²) >= 11 is 0. The Morgan fingerprint density at radius 3 is 2.43 bits per heavy atom. The van der Waals surface area contributed by atoms with Crippen LogP contribution in [0.2, 0.25) is 0 Å². The fourth-order valence-electron chi connectivity index (χ4n) is 5.15. The van der Waals surface area contributed by atoms with Crippen molar-refractivity contribution in [1.29, 1.82) is 0 Å². The van der Waals surface area contributed by atoms with E-state index in [1.165, 1.54) is 33.5 Å². The van der Waals surface area contributed by atoms with E-state index in [0.717, 1.165) is 43.1 Å². The summed E-state index contributed by atoms with van der Waals surface area (Å²) in [7, 11) is 0. The molecular formula is C28H34O2. The monoisotopic (exact) mass is 402 g/mol. The molecule has 0 heterocycles. The van der Waals surface area contributed by atoms with Crippen LogP contribution in [0.1, 0.15) is 70.1 Å².